The van der Waals surface area contributed by atoms with Crippen molar-refractivity contribution >= 4 is 27.1 Å². The molecule has 0 spiro atoms. The molecule has 2 aliphatic heterocycles. The highest BCUT2D eigenvalue weighted by atomic mass is 32.2. The van der Waals surface area contributed by atoms with E-state index in [-0.39, 0.29) is 17.6 Å². The van der Waals surface area contributed by atoms with Gasteiger partial charge in [0.2, 0.25) is 5.91 Å². The lowest BCUT2D eigenvalue weighted by atomic mass is 10.1. The van der Waals surface area contributed by atoms with Crippen LogP contribution >= 0.6 is 11.3 Å². The van der Waals surface area contributed by atoms with Crippen molar-refractivity contribution in [1.82, 2.24) is 4.90 Å². The Morgan fingerprint density at radius 3 is 2.86 bits per heavy atom. The first-order valence-corrected chi connectivity index (χ1v) is 9.79. The molecule has 0 aromatic carbocycles. The molecule has 2 atom stereocenters. The second-order valence-corrected chi connectivity index (χ2v) is 8.83. The maximum Gasteiger partial charge on any atom is 0.228 e. The molecule has 0 N–H and O–H groups in total. The minimum absolute atomic E-state index is 0.0505. The van der Waals surface area contributed by atoms with Crippen molar-refractivity contribution in [2.75, 3.05) is 32.1 Å². The highest BCUT2D eigenvalue weighted by molar-refractivity contribution is 7.91. The number of sulfone groups is 1. The van der Waals surface area contributed by atoms with E-state index in [9.17, 15) is 13.2 Å². The zero-order valence-corrected chi connectivity index (χ0v) is 13.4. The van der Waals surface area contributed by atoms with Crippen LogP contribution in [0.4, 0.5) is 0 Å². The van der Waals surface area contributed by atoms with Gasteiger partial charge in [-0.3, -0.25) is 4.79 Å². The highest BCUT2D eigenvalue weighted by Crippen LogP contribution is 2.32. The second-order valence-electron chi connectivity index (χ2n) is 5.55. The molecule has 0 saturated carbocycles. The second kappa shape index (κ2) is 6.06. The van der Waals surface area contributed by atoms with E-state index >= 15 is 0 Å². The summed E-state index contributed by atoms with van der Waals surface area (Å²) in [5.74, 6) is 0.00930. The molecule has 2 fully saturated rings. The van der Waals surface area contributed by atoms with Gasteiger partial charge < -0.3 is 9.64 Å². The van der Waals surface area contributed by atoms with Gasteiger partial charge in [0.25, 0.3) is 0 Å². The Balaban J connectivity index is 1.74. The van der Waals surface area contributed by atoms with E-state index in [1.165, 1.54) is 11.3 Å². The summed E-state index contributed by atoms with van der Waals surface area (Å²) in [5.41, 5.74) is 0. The Morgan fingerprint density at radius 1 is 1.33 bits per heavy atom. The van der Waals surface area contributed by atoms with E-state index in [0.29, 0.717) is 32.7 Å². The molecule has 7 heteroatoms. The van der Waals surface area contributed by atoms with Gasteiger partial charge in [-0.1, -0.05) is 6.07 Å². The van der Waals surface area contributed by atoms with Crippen LogP contribution in [0, 0.1) is 5.92 Å². The van der Waals surface area contributed by atoms with E-state index in [4.69, 9.17) is 4.74 Å². The number of rotatable bonds is 2. The van der Waals surface area contributed by atoms with Crippen LogP contribution in [0.5, 0.6) is 0 Å². The SMILES string of the molecule is O=C(C1CCOC1)N1CCC(c2cccs2)S(=O)(=O)CC1. The fraction of sp³-hybridized carbons (Fsp3) is 0.643. The molecule has 21 heavy (non-hydrogen) atoms. The van der Waals surface area contributed by atoms with Crippen LogP contribution in [-0.4, -0.2) is 51.3 Å². The van der Waals surface area contributed by atoms with Crippen molar-refractivity contribution in [1.29, 1.82) is 0 Å². The molecule has 5 nitrogen and oxygen atoms in total. The van der Waals surface area contributed by atoms with Gasteiger partial charge in [-0.15, -0.1) is 11.3 Å². The van der Waals surface area contributed by atoms with Gasteiger partial charge >= 0.3 is 0 Å². The molecule has 0 radical (unpaired) electrons. The van der Waals surface area contributed by atoms with E-state index < -0.39 is 15.1 Å². The smallest absolute Gasteiger partial charge is 0.228 e. The summed E-state index contributed by atoms with van der Waals surface area (Å²) in [4.78, 5) is 15.0. The summed E-state index contributed by atoms with van der Waals surface area (Å²) in [6, 6.07) is 3.74. The Kier molecular flexibility index (Phi) is 4.33. The van der Waals surface area contributed by atoms with E-state index in [2.05, 4.69) is 0 Å². The predicted octanol–water partition coefficient (Wildman–Crippen LogP) is 1.47. The van der Waals surface area contributed by atoms with Crippen LogP contribution in [0.15, 0.2) is 17.5 Å². The number of thiophene rings is 1. The zero-order valence-electron chi connectivity index (χ0n) is 11.7. The molecule has 1 amide bonds. The van der Waals surface area contributed by atoms with E-state index in [0.717, 1.165) is 11.3 Å². The quantitative estimate of drug-likeness (QED) is 0.824. The van der Waals surface area contributed by atoms with Gasteiger partial charge in [0, 0.05) is 24.6 Å². The molecule has 0 aliphatic carbocycles. The number of hydrogen-bond donors (Lipinski definition) is 0. The standard InChI is InChI=1S/C14H19NO4S2/c16-14(11-4-7-19-10-11)15-5-3-13(12-2-1-8-20-12)21(17,18)9-6-15/h1-2,8,11,13H,3-7,9-10H2. The van der Waals surface area contributed by atoms with Crippen LogP contribution < -0.4 is 0 Å². The summed E-state index contributed by atoms with van der Waals surface area (Å²) < 4.78 is 30.1. The first-order chi connectivity index (χ1) is 10.1. The normalized spacial score (nSPS) is 29.2. The zero-order chi connectivity index (χ0) is 14.9. The summed E-state index contributed by atoms with van der Waals surface area (Å²) in [5, 5.41) is 1.43. The largest absolute Gasteiger partial charge is 0.381 e. The van der Waals surface area contributed by atoms with Crippen LogP contribution in [0.3, 0.4) is 0 Å². The molecule has 0 bridgehead atoms. The molecule has 1 aromatic rings. The number of carbonyl (C=O) groups excluding carboxylic acids is 1. The molecular weight excluding hydrogens is 310 g/mol. The lowest BCUT2D eigenvalue weighted by molar-refractivity contribution is -0.135. The van der Waals surface area contributed by atoms with Gasteiger partial charge in [-0.05, 0) is 24.3 Å². The van der Waals surface area contributed by atoms with Crippen molar-refractivity contribution in [3.8, 4) is 0 Å². The van der Waals surface area contributed by atoms with Crippen LogP contribution in [0.1, 0.15) is 23.0 Å². The van der Waals surface area contributed by atoms with Crippen LogP contribution in [-0.2, 0) is 19.4 Å². The number of hydrogen-bond acceptors (Lipinski definition) is 5. The van der Waals surface area contributed by atoms with Gasteiger partial charge in [0.05, 0.1) is 23.5 Å². The van der Waals surface area contributed by atoms with Crippen molar-refractivity contribution in [2.45, 2.75) is 18.1 Å². The molecular formula is C14H19NO4S2. The number of nitrogens with zero attached hydrogens (tertiary/aromatic N) is 1. The third-order valence-electron chi connectivity index (χ3n) is 4.19. The lowest BCUT2D eigenvalue weighted by Gasteiger charge is -2.22. The maximum atomic E-state index is 12.4. The Morgan fingerprint density at radius 2 is 2.19 bits per heavy atom. The minimum atomic E-state index is -3.19. The van der Waals surface area contributed by atoms with E-state index in [1.54, 1.807) is 4.90 Å². The van der Waals surface area contributed by atoms with Gasteiger partial charge in [0.15, 0.2) is 9.84 Å². The number of carbonyl (C=O) groups is 1. The van der Waals surface area contributed by atoms with Gasteiger partial charge in [-0.2, -0.15) is 0 Å². The molecule has 3 heterocycles. The molecule has 2 aliphatic rings. The average Bonchev–Trinajstić information content (AvgIpc) is 3.12. The molecule has 1 aromatic heterocycles. The van der Waals surface area contributed by atoms with Gasteiger partial charge in [-0.25, -0.2) is 8.42 Å². The van der Waals surface area contributed by atoms with Crippen LogP contribution in [0.25, 0.3) is 0 Å². The Bertz CT molecular complexity index is 591. The first-order valence-electron chi connectivity index (χ1n) is 7.19. The third kappa shape index (κ3) is 3.14. The highest BCUT2D eigenvalue weighted by Gasteiger charge is 2.35. The monoisotopic (exact) mass is 329 g/mol. The maximum absolute atomic E-state index is 12.4. The molecule has 116 valence electrons. The summed E-state index contributed by atoms with van der Waals surface area (Å²) in [7, 11) is -3.19. The lowest BCUT2D eigenvalue weighted by Crippen LogP contribution is -2.38. The van der Waals surface area contributed by atoms with Crippen molar-refractivity contribution in [3.63, 3.8) is 0 Å². The Hall–Kier alpha value is -0.920. The van der Waals surface area contributed by atoms with Crippen molar-refractivity contribution in [2.24, 2.45) is 5.92 Å². The average molecular weight is 329 g/mol. The fourth-order valence-electron chi connectivity index (χ4n) is 2.95. The summed E-state index contributed by atoms with van der Waals surface area (Å²) in [6.07, 6.45) is 1.23. The fourth-order valence-corrected chi connectivity index (χ4v) is 5.95. The first kappa shape index (κ1) is 15.0. The number of amides is 1. The van der Waals surface area contributed by atoms with Gasteiger partial charge in [0.1, 0.15) is 0 Å². The number of ether oxygens (including phenoxy) is 1. The molecule has 2 unspecified atom stereocenters. The summed E-state index contributed by atoms with van der Waals surface area (Å²) in [6.45, 7) is 1.91. The Labute approximate surface area is 128 Å². The van der Waals surface area contributed by atoms with Crippen molar-refractivity contribution in [3.05, 3.63) is 22.4 Å². The van der Waals surface area contributed by atoms with Crippen LogP contribution in [0.2, 0.25) is 0 Å². The minimum Gasteiger partial charge on any atom is -0.381 e. The molecule has 3 rings (SSSR count). The molecule has 2 saturated heterocycles. The van der Waals surface area contributed by atoms with E-state index in [1.807, 2.05) is 17.5 Å². The topological polar surface area (TPSA) is 63.7 Å². The summed E-state index contributed by atoms with van der Waals surface area (Å²) >= 11 is 1.47. The third-order valence-corrected chi connectivity index (χ3v) is 7.43. The van der Waals surface area contributed by atoms with Crippen molar-refractivity contribution < 1.29 is 17.9 Å². The predicted molar refractivity (Wildman–Crippen MR) is 81.0 cm³/mol.